The molecule has 0 atom stereocenters. The molecule has 0 aliphatic rings. The number of aromatic nitrogens is 2. The molecular weight excluding hydrogens is 210 g/mol. The Hall–Kier alpha value is -2.00. The van der Waals surface area contributed by atoms with Gasteiger partial charge in [-0.1, -0.05) is 24.3 Å². The Balaban J connectivity index is 0.00000108. The highest BCUT2D eigenvalue weighted by Gasteiger charge is 2.03. The third kappa shape index (κ3) is 1.85. The quantitative estimate of drug-likeness (QED) is 0.549. The molecule has 0 unspecified atom stereocenters. The van der Waals surface area contributed by atoms with Crippen molar-refractivity contribution >= 4 is 21.8 Å². The van der Waals surface area contributed by atoms with Gasteiger partial charge in [0.15, 0.2) is 0 Å². The van der Waals surface area contributed by atoms with Crippen molar-refractivity contribution in [3.63, 3.8) is 0 Å². The fourth-order valence-corrected chi connectivity index (χ4v) is 1.96. The van der Waals surface area contributed by atoms with Crippen LogP contribution in [0.1, 0.15) is 11.4 Å². The standard InChI is InChI=1S/C14H12N2.N/c1-9-3-5-11-7-8-12-6-4-10(2)16-14(12)13(11)15-9;/h3-8H,1-2H3;. The van der Waals surface area contributed by atoms with Gasteiger partial charge in [-0.2, -0.15) is 0 Å². The van der Waals surface area contributed by atoms with E-state index in [9.17, 15) is 0 Å². The van der Waals surface area contributed by atoms with Gasteiger partial charge < -0.3 is 0 Å². The topological polar surface area (TPSA) is 56.3 Å². The molecule has 0 saturated carbocycles. The average molecular weight is 222 g/mol. The Labute approximate surface area is 100 Å². The maximum absolute atomic E-state index is 4.58. The SMILES string of the molecule is Cc1ccc2ccc3ccc(C)nc3c2n1.[N]. The molecule has 0 amide bonds. The lowest BCUT2D eigenvalue weighted by Gasteiger charge is -2.04. The molecule has 3 rings (SSSR count). The summed E-state index contributed by atoms with van der Waals surface area (Å²) in [5.41, 5.74) is 4.06. The maximum atomic E-state index is 4.58. The number of hydrogen-bond donors (Lipinski definition) is 0. The van der Waals surface area contributed by atoms with E-state index >= 15 is 0 Å². The number of hydrogen-bond acceptors (Lipinski definition) is 2. The number of aryl methyl sites for hydroxylation is 2. The first-order valence-corrected chi connectivity index (χ1v) is 5.38. The van der Waals surface area contributed by atoms with Crippen LogP contribution in [-0.2, 0) is 0 Å². The normalized spacial score (nSPS) is 10.5. The lowest BCUT2D eigenvalue weighted by molar-refractivity contribution is 1.23. The molecular formula is C14H12N3. The summed E-state index contributed by atoms with van der Waals surface area (Å²) in [6.07, 6.45) is 0. The highest BCUT2D eigenvalue weighted by atomic mass is 14.8. The van der Waals surface area contributed by atoms with Crippen molar-refractivity contribution in [2.24, 2.45) is 0 Å². The molecule has 0 bridgehead atoms. The van der Waals surface area contributed by atoms with Gasteiger partial charge in [0.1, 0.15) is 0 Å². The van der Waals surface area contributed by atoms with Crippen LogP contribution in [0.15, 0.2) is 36.4 Å². The highest BCUT2D eigenvalue weighted by Crippen LogP contribution is 2.22. The van der Waals surface area contributed by atoms with E-state index in [0.717, 1.165) is 33.2 Å². The molecule has 2 aromatic heterocycles. The number of rotatable bonds is 0. The van der Waals surface area contributed by atoms with Gasteiger partial charge in [-0.15, -0.1) is 0 Å². The molecule has 2 heterocycles. The van der Waals surface area contributed by atoms with Crippen LogP contribution in [-0.4, -0.2) is 9.97 Å². The fourth-order valence-electron chi connectivity index (χ4n) is 1.96. The van der Waals surface area contributed by atoms with E-state index in [4.69, 9.17) is 0 Å². The first kappa shape index (κ1) is 11.5. The zero-order valence-electron chi connectivity index (χ0n) is 9.81. The second kappa shape index (κ2) is 4.11. The summed E-state index contributed by atoms with van der Waals surface area (Å²) in [5.74, 6) is 0. The van der Waals surface area contributed by atoms with Crippen LogP contribution in [0, 0.1) is 13.8 Å². The van der Waals surface area contributed by atoms with E-state index in [1.807, 2.05) is 26.0 Å². The predicted molar refractivity (Wildman–Crippen MR) is 68.7 cm³/mol. The Morgan fingerprint density at radius 1 is 0.647 bits per heavy atom. The Morgan fingerprint density at radius 3 is 1.41 bits per heavy atom. The van der Waals surface area contributed by atoms with Gasteiger partial charge in [0.05, 0.1) is 11.0 Å². The molecule has 0 fully saturated rings. The molecule has 3 radical (unpaired) electrons. The molecule has 1 aromatic carbocycles. The minimum Gasteiger partial charge on any atom is -0.251 e. The van der Waals surface area contributed by atoms with Gasteiger partial charge in [-0.05, 0) is 26.0 Å². The van der Waals surface area contributed by atoms with Crippen molar-refractivity contribution in [2.75, 3.05) is 0 Å². The molecule has 3 nitrogen and oxygen atoms in total. The Kier molecular flexibility index (Phi) is 2.77. The number of pyridine rings is 2. The third-order valence-electron chi connectivity index (χ3n) is 2.80. The molecule has 3 aromatic rings. The molecule has 17 heavy (non-hydrogen) atoms. The second-order valence-electron chi connectivity index (χ2n) is 4.11. The number of fused-ring (bicyclic) bond motifs is 3. The summed E-state index contributed by atoms with van der Waals surface area (Å²) < 4.78 is 0. The van der Waals surface area contributed by atoms with E-state index in [1.54, 1.807) is 0 Å². The van der Waals surface area contributed by atoms with E-state index in [1.165, 1.54) is 0 Å². The largest absolute Gasteiger partial charge is 0.251 e. The van der Waals surface area contributed by atoms with Gasteiger partial charge >= 0.3 is 0 Å². The van der Waals surface area contributed by atoms with Crippen LogP contribution < -0.4 is 6.15 Å². The van der Waals surface area contributed by atoms with Crippen molar-refractivity contribution in [1.82, 2.24) is 16.1 Å². The minimum atomic E-state index is 0. The first-order chi connectivity index (χ1) is 7.74. The molecule has 0 N–H and O–H groups in total. The first-order valence-electron chi connectivity index (χ1n) is 5.38. The minimum absolute atomic E-state index is 0. The van der Waals surface area contributed by atoms with Crippen molar-refractivity contribution in [2.45, 2.75) is 13.8 Å². The van der Waals surface area contributed by atoms with Crippen molar-refractivity contribution < 1.29 is 0 Å². The zero-order valence-corrected chi connectivity index (χ0v) is 9.81. The number of nitrogens with zero attached hydrogens (tertiary/aromatic N) is 3. The molecule has 83 valence electrons. The zero-order chi connectivity index (χ0) is 11.1. The predicted octanol–water partition coefficient (Wildman–Crippen LogP) is 2.92. The second-order valence-corrected chi connectivity index (χ2v) is 4.11. The molecule has 0 saturated heterocycles. The number of benzene rings is 1. The Bertz CT molecular complexity index is 629. The van der Waals surface area contributed by atoms with E-state index < -0.39 is 0 Å². The van der Waals surface area contributed by atoms with Crippen molar-refractivity contribution in [1.29, 1.82) is 0 Å². The Morgan fingerprint density at radius 2 is 1.00 bits per heavy atom. The summed E-state index contributed by atoms with van der Waals surface area (Å²) in [6, 6.07) is 12.5. The van der Waals surface area contributed by atoms with E-state index in [0.29, 0.717) is 0 Å². The lowest BCUT2D eigenvalue weighted by atomic mass is 10.1. The lowest BCUT2D eigenvalue weighted by Crippen LogP contribution is -1.89. The van der Waals surface area contributed by atoms with Gasteiger partial charge in [-0.3, -0.25) is 9.97 Å². The van der Waals surface area contributed by atoms with E-state index in [2.05, 4.69) is 34.2 Å². The molecule has 0 spiro atoms. The summed E-state index contributed by atoms with van der Waals surface area (Å²) in [4.78, 5) is 9.16. The highest BCUT2D eigenvalue weighted by molar-refractivity contribution is 6.02. The van der Waals surface area contributed by atoms with Gasteiger partial charge in [0.2, 0.25) is 0 Å². The van der Waals surface area contributed by atoms with Gasteiger partial charge in [0, 0.05) is 28.3 Å². The average Bonchev–Trinajstić information content (AvgIpc) is 2.29. The van der Waals surface area contributed by atoms with Crippen LogP contribution in [0.2, 0.25) is 0 Å². The van der Waals surface area contributed by atoms with Crippen LogP contribution in [0.25, 0.3) is 21.8 Å². The molecule has 0 aliphatic heterocycles. The van der Waals surface area contributed by atoms with Crippen LogP contribution in [0.4, 0.5) is 0 Å². The van der Waals surface area contributed by atoms with Crippen molar-refractivity contribution in [3.8, 4) is 0 Å². The maximum Gasteiger partial charge on any atom is 0.0967 e. The van der Waals surface area contributed by atoms with Crippen molar-refractivity contribution in [3.05, 3.63) is 47.8 Å². The third-order valence-corrected chi connectivity index (χ3v) is 2.80. The summed E-state index contributed by atoms with van der Waals surface area (Å²) >= 11 is 0. The van der Waals surface area contributed by atoms with Gasteiger partial charge in [-0.25, -0.2) is 0 Å². The van der Waals surface area contributed by atoms with Crippen LogP contribution >= 0.6 is 0 Å². The van der Waals surface area contributed by atoms with Crippen LogP contribution in [0.5, 0.6) is 0 Å². The summed E-state index contributed by atoms with van der Waals surface area (Å²) in [7, 11) is 0. The summed E-state index contributed by atoms with van der Waals surface area (Å²) in [6.45, 7) is 4.02. The molecule has 3 heteroatoms. The van der Waals surface area contributed by atoms with E-state index in [-0.39, 0.29) is 6.15 Å². The van der Waals surface area contributed by atoms with Crippen LogP contribution in [0.3, 0.4) is 0 Å². The smallest absolute Gasteiger partial charge is 0.0967 e. The van der Waals surface area contributed by atoms with Gasteiger partial charge in [0.25, 0.3) is 0 Å². The molecule has 0 aliphatic carbocycles. The summed E-state index contributed by atoms with van der Waals surface area (Å²) in [5, 5.41) is 2.30. The monoisotopic (exact) mass is 222 g/mol. The fraction of sp³-hybridized carbons (Fsp3) is 0.143.